The van der Waals surface area contributed by atoms with Crippen LogP contribution >= 0.6 is 0 Å². The van der Waals surface area contributed by atoms with E-state index >= 15 is 0 Å². The standard InChI is InChI=1S/C26H14F6N2/c27-25(28,29)19-10-18(11-20(14-19)26(30,31)32)24-22-13-17-9-5-4-8-16(17)12-21(22)23(33-34-24)15-6-2-1-3-7-15/h1-14H. The van der Waals surface area contributed by atoms with Crippen molar-refractivity contribution in [3.05, 3.63) is 96.1 Å². The summed E-state index contributed by atoms with van der Waals surface area (Å²) < 4.78 is 80.7. The van der Waals surface area contributed by atoms with Crippen molar-refractivity contribution in [3.8, 4) is 22.5 Å². The fraction of sp³-hybridized carbons (Fsp3) is 0.0769. The lowest BCUT2D eigenvalue weighted by Crippen LogP contribution is -2.11. The molecule has 4 aromatic carbocycles. The van der Waals surface area contributed by atoms with Gasteiger partial charge in [-0.3, -0.25) is 0 Å². The number of hydrogen-bond acceptors (Lipinski definition) is 2. The van der Waals surface area contributed by atoms with Gasteiger partial charge in [0, 0.05) is 21.9 Å². The molecule has 0 radical (unpaired) electrons. The van der Waals surface area contributed by atoms with Gasteiger partial charge in [-0.15, -0.1) is 10.2 Å². The average molecular weight is 468 g/mol. The predicted octanol–water partition coefficient (Wildman–Crippen LogP) is 8.15. The first-order valence-corrected chi connectivity index (χ1v) is 10.2. The summed E-state index contributed by atoms with van der Waals surface area (Å²) in [5.74, 6) is 0. The van der Waals surface area contributed by atoms with E-state index in [-0.39, 0.29) is 17.3 Å². The Kier molecular flexibility index (Phi) is 5.04. The maximum atomic E-state index is 13.5. The maximum Gasteiger partial charge on any atom is 0.416 e. The molecule has 0 aliphatic carbocycles. The fourth-order valence-electron chi connectivity index (χ4n) is 3.95. The molecule has 0 spiro atoms. The van der Waals surface area contributed by atoms with Gasteiger partial charge in [0.05, 0.1) is 11.1 Å². The molecule has 1 heterocycles. The zero-order chi connectivity index (χ0) is 24.1. The van der Waals surface area contributed by atoms with Crippen molar-refractivity contribution in [2.24, 2.45) is 0 Å². The summed E-state index contributed by atoms with van der Waals surface area (Å²) in [5, 5.41) is 10.9. The first-order chi connectivity index (χ1) is 16.1. The summed E-state index contributed by atoms with van der Waals surface area (Å²) in [6.45, 7) is 0. The van der Waals surface area contributed by atoms with Crippen LogP contribution in [0.2, 0.25) is 0 Å². The van der Waals surface area contributed by atoms with Gasteiger partial charge >= 0.3 is 12.4 Å². The summed E-state index contributed by atoms with van der Waals surface area (Å²) in [6, 6.07) is 21.4. The number of halogens is 6. The lowest BCUT2D eigenvalue weighted by Gasteiger charge is -2.16. The van der Waals surface area contributed by atoms with Gasteiger partial charge in [-0.2, -0.15) is 26.3 Å². The Balaban J connectivity index is 1.86. The normalized spacial score (nSPS) is 12.4. The molecule has 0 saturated carbocycles. The number of fused-ring (bicyclic) bond motifs is 2. The summed E-state index contributed by atoms with van der Waals surface area (Å²) in [6.07, 6.45) is -9.92. The van der Waals surface area contributed by atoms with Crippen LogP contribution in [0.3, 0.4) is 0 Å². The molecule has 0 bridgehead atoms. The number of nitrogens with zero attached hydrogens (tertiary/aromatic N) is 2. The zero-order valence-corrected chi connectivity index (χ0v) is 17.2. The molecular weight excluding hydrogens is 454 g/mol. The first kappa shape index (κ1) is 21.9. The number of benzene rings is 4. The monoisotopic (exact) mass is 468 g/mol. The van der Waals surface area contributed by atoms with Crippen molar-refractivity contribution in [3.63, 3.8) is 0 Å². The van der Waals surface area contributed by atoms with E-state index in [9.17, 15) is 26.3 Å². The molecular formula is C26H14F6N2. The Labute approximate surface area is 189 Å². The van der Waals surface area contributed by atoms with Gasteiger partial charge in [0.15, 0.2) is 0 Å². The average Bonchev–Trinajstić information content (AvgIpc) is 2.81. The van der Waals surface area contributed by atoms with Crippen molar-refractivity contribution < 1.29 is 26.3 Å². The molecule has 8 heteroatoms. The molecule has 0 fully saturated rings. The second-order valence-electron chi connectivity index (χ2n) is 7.80. The Morgan fingerprint density at radius 2 is 0.912 bits per heavy atom. The van der Waals surface area contributed by atoms with Gasteiger partial charge in [-0.1, -0.05) is 54.6 Å². The smallest absolute Gasteiger partial charge is 0.166 e. The third-order valence-corrected chi connectivity index (χ3v) is 5.55. The second kappa shape index (κ2) is 7.83. The van der Waals surface area contributed by atoms with E-state index in [0.717, 1.165) is 16.3 Å². The molecule has 0 amide bonds. The number of alkyl halides is 6. The van der Waals surface area contributed by atoms with Gasteiger partial charge < -0.3 is 0 Å². The minimum absolute atomic E-state index is 0.0583. The van der Waals surface area contributed by atoms with Crippen LogP contribution in [-0.4, -0.2) is 10.2 Å². The Bertz CT molecular complexity index is 1490. The molecule has 0 aliphatic heterocycles. The molecule has 170 valence electrons. The van der Waals surface area contributed by atoms with Crippen LogP contribution in [0.4, 0.5) is 26.3 Å². The third kappa shape index (κ3) is 3.96. The second-order valence-corrected chi connectivity index (χ2v) is 7.80. The molecule has 5 aromatic rings. The van der Waals surface area contributed by atoms with E-state index in [1.165, 1.54) is 0 Å². The van der Waals surface area contributed by atoms with Gasteiger partial charge in [0.25, 0.3) is 0 Å². The molecule has 34 heavy (non-hydrogen) atoms. The van der Waals surface area contributed by atoms with Crippen LogP contribution in [0.15, 0.2) is 84.9 Å². The zero-order valence-electron chi connectivity index (χ0n) is 17.2. The van der Waals surface area contributed by atoms with E-state index in [1.807, 2.05) is 42.5 Å². The van der Waals surface area contributed by atoms with E-state index in [2.05, 4.69) is 10.2 Å². The van der Waals surface area contributed by atoms with Crippen molar-refractivity contribution in [2.45, 2.75) is 12.4 Å². The molecule has 0 N–H and O–H groups in total. The number of hydrogen-bond donors (Lipinski definition) is 0. The topological polar surface area (TPSA) is 25.8 Å². The SMILES string of the molecule is FC(F)(F)c1cc(-c2nnc(-c3ccccc3)c3cc4ccccc4cc23)cc(C(F)(F)F)c1. The highest BCUT2D eigenvalue weighted by Gasteiger charge is 2.37. The van der Waals surface area contributed by atoms with Crippen LogP contribution in [-0.2, 0) is 12.4 Å². The van der Waals surface area contributed by atoms with E-state index in [0.29, 0.717) is 28.6 Å². The van der Waals surface area contributed by atoms with Crippen molar-refractivity contribution in [1.82, 2.24) is 10.2 Å². The largest absolute Gasteiger partial charge is 0.416 e. The summed E-state index contributed by atoms with van der Waals surface area (Å²) in [7, 11) is 0. The van der Waals surface area contributed by atoms with Crippen LogP contribution in [0.1, 0.15) is 11.1 Å². The minimum atomic E-state index is -4.96. The first-order valence-electron chi connectivity index (χ1n) is 10.2. The van der Waals surface area contributed by atoms with Gasteiger partial charge in [0.1, 0.15) is 11.4 Å². The Morgan fingerprint density at radius 1 is 0.471 bits per heavy atom. The van der Waals surface area contributed by atoms with E-state index in [4.69, 9.17) is 0 Å². The minimum Gasteiger partial charge on any atom is -0.166 e. The summed E-state index contributed by atoms with van der Waals surface area (Å²) in [4.78, 5) is 0. The van der Waals surface area contributed by atoms with Gasteiger partial charge in [-0.05, 0) is 41.1 Å². The Hall–Kier alpha value is -3.94. The van der Waals surface area contributed by atoms with Crippen molar-refractivity contribution in [2.75, 3.05) is 0 Å². The fourth-order valence-corrected chi connectivity index (χ4v) is 3.95. The molecule has 0 aliphatic rings. The van der Waals surface area contributed by atoms with Crippen LogP contribution in [0, 0.1) is 0 Å². The van der Waals surface area contributed by atoms with Gasteiger partial charge in [-0.25, -0.2) is 0 Å². The number of aromatic nitrogens is 2. The molecule has 0 unspecified atom stereocenters. The van der Waals surface area contributed by atoms with E-state index in [1.54, 1.807) is 24.3 Å². The summed E-state index contributed by atoms with van der Waals surface area (Å²) >= 11 is 0. The lowest BCUT2D eigenvalue weighted by molar-refractivity contribution is -0.143. The van der Waals surface area contributed by atoms with Crippen LogP contribution in [0.25, 0.3) is 44.1 Å². The molecule has 0 saturated heterocycles. The van der Waals surface area contributed by atoms with Crippen molar-refractivity contribution in [1.29, 1.82) is 0 Å². The quantitative estimate of drug-likeness (QED) is 0.193. The third-order valence-electron chi connectivity index (χ3n) is 5.55. The maximum absolute atomic E-state index is 13.5. The molecule has 1 aromatic heterocycles. The number of rotatable bonds is 2. The predicted molar refractivity (Wildman–Crippen MR) is 118 cm³/mol. The van der Waals surface area contributed by atoms with Gasteiger partial charge in [0.2, 0.25) is 0 Å². The highest BCUT2D eigenvalue weighted by Crippen LogP contribution is 2.41. The van der Waals surface area contributed by atoms with Crippen molar-refractivity contribution >= 4 is 21.5 Å². The Morgan fingerprint density at radius 3 is 1.38 bits per heavy atom. The summed E-state index contributed by atoms with van der Waals surface area (Å²) in [5.41, 5.74) is -1.97. The highest BCUT2D eigenvalue weighted by molar-refractivity contribution is 6.08. The van der Waals surface area contributed by atoms with Crippen LogP contribution in [0.5, 0.6) is 0 Å². The lowest BCUT2D eigenvalue weighted by atomic mass is 9.95. The molecule has 0 atom stereocenters. The molecule has 5 rings (SSSR count). The molecule has 2 nitrogen and oxygen atoms in total. The van der Waals surface area contributed by atoms with Crippen LogP contribution < -0.4 is 0 Å². The highest BCUT2D eigenvalue weighted by atomic mass is 19.4. The van der Waals surface area contributed by atoms with E-state index < -0.39 is 23.5 Å².